The van der Waals surface area contributed by atoms with Crippen molar-refractivity contribution in [2.75, 3.05) is 0 Å². The minimum Gasteiger partial charge on any atom is -0.293 e. The summed E-state index contributed by atoms with van der Waals surface area (Å²) >= 11 is 3.98. The van der Waals surface area contributed by atoms with Gasteiger partial charge in [-0.15, -0.1) is 12.6 Å². The van der Waals surface area contributed by atoms with Crippen molar-refractivity contribution in [2.24, 2.45) is 0 Å². The number of rotatable bonds is 2. The van der Waals surface area contributed by atoms with E-state index < -0.39 is 5.91 Å². The minimum absolute atomic E-state index is 0.358. The molecule has 62 valence electrons. The molecule has 0 saturated carbocycles. The van der Waals surface area contributed by atoms with E-state index in [2.05, 4.69) is 17.9 Å². The van der Waals surface area contributed by atoms with Crippen molar-refractivity contribution in [3.8, 4) is 0 Å². The van der Waals surface area contributed by atoms with E-state index in [1.807, 2.05) is 6.92 Å². The molecule has 2 amide bonds. The molecule has 0 heterocycles. The van der Waals surface area contributed by atoms with Crippen molar-refractivity contribution in [3.05, 3.63) is 11.0 Å². The number of amides is 2. The Kier molecular flexibility index (Phi) is 4.61. The standard InChI is InChI=1S/C7H11NO2S/c1-3-6(11)4-7(10)8-5(2)9/h4,11H,3H2,1-2H3,(H,8,9,10). The molecule has 0 unspecified atom stereocenters. The van der Waals surface area contributed by atoms with E-state index in [1.165, 1.54) is 13.0 Å². The van der Waals surface area contributed by atoms with E-state index in [0.717, 1.165) is 0 Å². The summed E-state index contributed by atoms with van der Waals surface area (Å²) in [5, 5.41) is 2.10. The molecular weight excluding hydrogens is 162 g/mol. The summed E-state index contributed by atoms with van der Waals surface area (Å²) in [6.07, 6.45) is 1.99. The maximum Gasteiger partial charge on any atom is 0.251 e. The maximum absolute atomic E-state index is 10.8. The Morgan fingerprint density at radius 3 is 2.45 bits per heavy atom. The van der Waals surface area contributed by atoms with Crippen molar-refractivity contribution in [1.82, 2.24) is 5.32 Å². The average Bonchev–Trinajstić information content (AvgIpc) is 1.85. The third-order valence-corrected chi connectivity index (χ3v) is 1.40. The molecule has 0 aliphatic carbocycles. The van der Waals surface area contributed by atoms with Crippen LogP contribution in [0.3, 0.4) is 0 Å². The lowest BCUT2D eigenvalue weighted by molar-refractivity contribution is -0.126. The van der Waals surface area contributed by atoms with Gasteiger partial charge in [0.15, 0.2) is 0 Å². The number of nitrogens with one attached hydrogen (secondary N) is 1. The highest BCUT2D eigenvalue weighted by molar-refractivity contribution is 7.84. The van der Waals surface area contributed by atoms with Crippen LogP contribution in [0.1, 0.15) is 20.3 Å². The van der Waals surface area contributed by atoms with Crippen molar-refractivity contribution in [1.29, 1.82) is 0 Å². The molecule has 1 N–H and O–H groups in total. The first-order valence-corrected chi connectivity index (χ1v) is 3.72. The second-order valence-corrected chi connectivity index (χ2v) is 2.61. The number of thiol groups is 1. The van der Waals surface area contributed by atoms with Gasteiger partial charge in [-0.3, -0.25) is 14.9 Å². The highest BCUT2D eigenvalue weighted by Gasteiger charge is 1.98. The lowest BCUT2D eigenvalue weighted by atomic mass is 10.4. The van der Waals surface area contributed by atoms with Crippen LogP contribution in [0.25, 0.3) is 0 Å². The zero-order chi connectivity index (χ0) is 8.85. The molecule has 0 radical (unpaired) electrons. The van der Waals surface area contributed by atoms with Gasteiger partial charge in [-0.25, -0.2) is 0 Å². The molecule has 0 bridgehead atoms. The summed E-state index contributed by atoms with van der Waals surface area (Å²) < 4.78 is 0. The first-order valence-electron chi connectivity index (χ1n) is 3.27. The van der Waals surface area contributed by atoms with Gasteiger partial charge in [-0.2, -0.15) is 0 Å². The normalized spacial score (nSPS) is 11.0. The summed E-state index contributed by atoms with van der Waals surface area (Å²) in [4.78, 5) is 21.8. The quantitative estimate of drug-likeness (QED) is 0.481. The van der Waals surface area contributed by atoms with Crippen LogP contribution in [-0.2, 0) is 9.59 Å². The van der Waals surface area contributed by atoms with Crippen molar-refractivity contribution >= 4 is 24.4 Å². The van der Waals surface area contributed by atoms with Gasteiger partial charge in [0.1, 0.15) is 0 Å². The van der Waals surface area contributed by atoms with Gasteiger partial charge in [0.25, 0.3) is 5.91 Å². The van der Waals surface area contributed by atoms with Crippen LogP contribution in [-0.4, -0.2) is 11.8 Å². The number of carbonyl (C=O) groups is 2. The molecule has 0 aromatic carbocycles. The van der Waals surface area contributed by atoms with Crippen LogP contribution in [0, 0.1) is 0 Å². The highest BCUT2D eigenvalue weighted by atomic mass is 32.1. The van der Waals surface area contributed by atoms with Gasteiger partial charge in [-0.05, 0) is 11.3 Å². The van der Waals surface area contributed by atoms with Gasteiger partial charge < -0.3 is 0 Å². The van der Waals surface area contributed by atoms with E-state index >= 15 is 0 Å². The Hall–Kier alpha value is -0.770. The molecule has 0 rings (SSSR count). The lowest BCUT2D eigenvalue weighted by Crippen LogP contribution is -2.26. The predicted molar refractivity (Wildman–Crippen MR) is 46.2 cm³/mol. The van der Waals surface area contributed by atoms with Crippen LogP contribution in [0.5, 0.6) is 0 Å². The molecule has 3 nitrogen and oxygen atoms in total. The summed E-state index contributed by atoms with van der Waals surface area (Å²) in [5.74, 6) is -0.771. The van der Waals surface area contributed by atoms with Crippen molar-refractivity contribution in [3.63, 3.8) is 0 Å². The highest BCUT2D eigenvalue weighted by Crippen LogP contribution is 2.03. The third kappa shape index (κ3) is 5.66. The van der Waals surface area contributed by atoms with Crippen LogP contribution in [0.15, 0.2) is 11.0 Å². The first-order chi connectivity index (χ1) is 5.06. The summed E-state index contributed by atoms with van der Waals surface area (Å²) in [5.41, 5.74) is 0. The molecule has 11 heavy (non-hydrogen) atoms. The fraction of sp³-hybridized carbons (Fsp3) is 0.429. The molecule has 4 heteroatoms. The summed E-state index contributed by atoms with van der Waals surface area (Å²) in [6.45, 7) is 3.16. The average molecular weight is 173 g/mol. The molecule has 0 aromatic heterocycles. The third-order valence-electron chi connectivity index (χ3n) is 0.959. The Balaban J connectivity index is 3.96. The zero-order valence-electron chi connectivity index (χ0n) is 6.55. The second-order valence-electron chi connectivity index (χ2n) is 2.03. The molecule has 0 saturated heterocycles. The van der Waals surface area contributed by atoms with Gasteiger partial charge >= 0.3 is 0 Å². The molecule has 0 atom stereocenters. The molecule has 0 fully saturated rings. The minimum atomic E-state index is -0.413. The second kappa shape index (κ2) is 4.96. The fourth-order valence-corrected chi connectivity index (χ4v) is 0.580. The van der Waals surface area contributed by atoms with Crippen molar-refractivity contribution < 1.29 is 9.59 Å². The Bertz CT molecular complexity index is 199. The van der Waals surface area contributed by atoms with Crippen LogP contribution >= 0.6 is 12.6 Å². The van der Waals surface area contributed by atoms with E-state index in [-0.39, 0.29) is 5.91 Å². The largest absolute Gasteiger partial charge is 0.293 e. The summed E-state index contributed by atoms with van der Waals surface area (Å²) in [7, 11) is 0. The molecular formula is C7H11NO2S. The van der Waals surface area contributed by atoms with Crippen LogP contribution < -0.4 is 5.32 Å². The van der Waals surface area contributed by atoms with E-state index in [9.17, 15) is 9.59 Å². The number of imide groups is 1. The first kappa shape index (κ1) is 10.2. The van der Waals surface area contributed by atoms with E-state index in [0.29, 0.717) is 11.3 Å². The fourth-order valence-electron chi connectivity index (χ4n) is 0.463. The van der Waals surface area contributed by atoms with Crippen LogP contribution in [0.4, 0.5) is 0 Å². The van der Waals surface area contributed by atoms with Crippen molar-refractivity contribution in [2.45, 2.75) is 20.3 Å². The molecule has 0 aliphatic heterocycles. The van der Waals surface area contributed by atoms with E-state index in [1.54, 1.807) is 0 Å². The van der Waals surface area contributed by atoms with Gasteiger partial charge in [-0.1, -0.05) is 6.92 Å². The summed E-state index contributed by atoms with van der Waals surface area (Å²) in [6, 6.07) is 0. The SMILES string of the molecule is CCC(S)=CC(=O)NC(C)=O. The smallest absolute Gasteiger partial charge is 0.251 e. The predicted octanol–water partition coefficient (Wildman–Crippen LogP) is 0.873. The van der Waals surface area contributed by atoms with Gasteiger partial charge in [0.2, 0.25) is 5.91 Å². The number of allylic oxidation sites excluding steroid dienone is 1. The topological polar surface area (TPSA) is 46.2 Å². The zero-order valence-corrected chi connectivity index (χ0v) is 7.44. The lowest BCUT2D eigenvalue weighted by Gasteiger charge is -1.95. The number of carbonyl (C=O) groups excluding carboxylic acids is 2. The Morgan fingerprint density at radius 1 is 1.55 bits per heavy atom. The van der Waals surface area contributed by atoms with Crippen LogP contribution in [0.2, 0.25) is 0 Å². The monoisotopic (exact) mass is 173 g/mol. The van der Waals surface area contributed by atoms with E-state index in [4.69, 9.17) is 0 Å². The molecule has 0 aromatic rings. The molecule has 0 aliphatic rings. The number of hydrogen-bond acceptors (Lipinski definition) is 3. The Morgan fingerprint density at radius 2 is 2.09 bits per heavy atom. The number of hydrogen-bond donors (Lipinski definition) is 2. The maximum atomic E-state index is 10.8. The molecule has 0 spiro atoms. The van der Waals surface area contributed by atoms with Gasteiger partial charge in [0.05, 0.1) is 0 Å². The Labute approximate surface area is 71.3 Å². The van der Waals surface area contributed by atoms with Gasteiger partial charge in [0, 0.05) is 13.0 Å².